The maximum atomic E-state index is 10.4. The van der Waals surface area contributed by atoms with Gasteiger partial charge < -0.3 is 9.84 Å². The highest BCUT2D eigenvalue weighted by atomic mass is 35.5. The molecule has 0 bridgehead atoms. The van der Waals surface area contributed by atoms with Gasteiger partial charge >= 0.3 is 0 Å². The summed E-state index contributed by atoms with van der Waals surface area (Å²) in [7, 11) is 0. The summed E-state index contributed by atoms with van der Waals surface area (Å²) in [5.41, 5.74) is 1.03. The monoisotopic (exact) mass is 295 g/mol. The van der Waals surface area contributed by atoms with Crippen molar-refractivity contribution in [3.05, 3.63) is 28.8 Å². The Labute approximate surface area is 125 Å². The SMILES string of the molecule is CC1CC(C)CN(C2c3cc(Cl)ccc3OCC2O)C1. The second-order valence-electron chi connectivity index (χ2n) is 6.41. The number of benzene rings is 1. The van der Waals surface area contributed by atoms with Crippen molar-refractivity contribution in [3.63, 3.8) is 0 Å². The van der Waals surface area contributed by atoms with Gasteiger partial charge in [-0.1, -0.05) is 25.4 Å². The summed E-state index contributed by atoms with van der Waals surface area (Å²) in [6.45, 7) is 6.98. The van der Waals surface area contributed by atoms with Crippen molar-refractivity contribution >= 4 is 11.6 Å². The van der Waals surface area contributed by atoms with Crippen LogP contribution in [0.25, 0.3) is 0 Å². The molecule has 4 atom stereocenters. The Balaban J connectivity index is 1.94. The van der Waals surface area contributed by atoms with Crippen molar-refractivity contribution in [2.45, 2.75) is 32.4 Å². The lowest BCUT2D eigenvalue weighted by Gasteiger charge is -2.44. The van der Waals surface area contributed by atoms with E-state index in [0.717, 1.165) is 24.4 Å². The van der Waals surface area contributed by atoms with Crippen molar-refractivity contribution in [1.82, 2.24) is 4.90 Å². The van der Waals surface area contributed by atoms with Crippen molar-refractivity contribution in [1.29, 1.82) is 0 Å². The van der Waals surface area contributed by atoms with Crippen LogP contribution in [0.2, 0.25) is 5.02 Å². The van der Waals surface area contributed by atoms with Crippen molar-refractivity contribution in [3.8, 4) is 5.75 Å². The molecule has 4 heteroatoms. The van der Waals surface area contributed by atoms with E-state index in [1.54, 1.807) is 0 Å². The molecular weight excluding hydrogens is 274 g/mol. The van der Waals surface area contributed by atoms with Gasteiger partial charge in [-0.15, -0.1) is 0 Å². The molecule has 110 valence electrons. The van der Waals surface area contributed by atoms with Crippen LogP contribution in [-0.4, -0.2) is 35.8 Å². The maximum absolute atomic E-state index is 10.4. The number of fused-ring (bicyclic) bond motifs is 1. The van der Waals surface area contributed by atoms with Gasteiger partial charge in [-0.2, -0.15) is 0 Å². The van der Waals surface area contributed by atoms with E-state index in [1.165, 1.54) is 6.42 Å². The fraction of sp³-hybridized carbons (Fsp3) is 0.625. The Morgan fingerprint density at radius 3 is 2.65 bits per heavy atom. The van der Waals surface area contributed by atoms with E-state index in [9.17, 15) is 5.11 Å². The largest absolute Gasteiger partial charge is 0.490 e. The zero-order valence-corrected chi connectivity index (χ0v) is 12.8. The molecule has 1 aromatic carbocycles. The lowest BCUT2D eigenvalue weighted by Crippen LogP contribution is -2.48. The van der Waals surface area contributed by atoms with Gasteiger partial charge in [0.25, 0.3) is 0 Å². The number of hydrogen-bond donors (Lipinski definition) is 1. The standard InChI is InChI=1S/C16H22ClNO2/c1-10-5-11(2)8-18(7-10)16-13-6-12(17)3-4-15(13)20-9-14(16)19/h3-4,6,10-11,14,16,19H,5,7-9H2,1-2H3. The van der Waals surface area contributed by atoms with E-state index < -0.39 is 6.10 Å². The molecule has 0 saturated carbocycles. The Kier molecular flexibility index (Phi) is 3.93. The number of ether oxygens (including phenoxy) is 1. The third-order valence-corrected chi connectivity index (χ3v) is 4.59. The highest BCUT2D eigenvalue weighted by Crippen LogP contribution is 2.40. The number of aliphatic hydroxyl groups is 1. The van der Waals surface area contributed by atoms with Crippen LogP contribution in [0.15, 0.2) is 18.2 Å². The zero-order valence-electron chi connectivity index (χ0n) is 12.1. The van der Waals surface area contributed by atoms with E-state index in [4.69, 9.17) is 16.3 Å². The number of piperidine rings is 1. The summed E-state index contributed by atoms with van der Waals surface area (Å²) >= 11 is 6.13. The first-order valence-corrected chi connectivity index (χ1v) is 7.76. The van der Waals surface area contributed by atoms with E-state index in [1.807, 2.05) is 18.2 Å². The molecule has 0 spiro atoms. The van der Waals surface area contributed by atoms with E-state index >= 15 is 0 Å². The maximum Gasteiger partial charge on any atom is 0.124 e. The minimum absolute atomic E-state index is 0.00245. The lowest BCUT2D eigenvalue weighted by atomic mass is 9.87. The van der Waals surface area contributed by atoms with Gasteiger partial charge in [-0.25, -0.2) is 0 Å². The molecule has 1 saturated heterocycles. The second-order valence-corrected chi connectivity index (χ2v) is 6.84. The molecule has 3 rings (SSSR count). The van der Waals surface area contributed by atoms with Crippen LogP contribution in [0.3, 0.4) is 0 Å². The molecule has 0 amide bonds. The molecular formula is C16H22ClNO2. The Morgan fingerprint density at radius 1 is 1.25 bits per heavy atom. The second kappa shape index (κ2) is 5.55. The molecule has 2 aliphatic heterocycles. The third kappa shape index (κ3) is 2.67. The predicted molar refractivity (Wildman–Crippen MR) is 80.2 cm³/mol. The molecule has 0 aliphatic carbocycles. The quantitative estimate of drug-likeness (QED) is 0.864. The molecule has 20 heavy (non-hydrogen) atoms. The number of rotatable bonds is 1. The van der Waals surface area contributed by atoms with Gasteiger partial charge in [0, 0.05) is 23.7 Å². The van der Waals surface area contributed by atoms with Gasteiger partial charge in [0.1, 0.15) is 18.5 Å². The lowest BCUT2D eigenvalue weighted by molar-refractivity contribution is -0.0230. The fourth-order valence-corrected chi connectivity index (χ4v) is 3.91. The van der Waals surface area contributed by atoms with Crippen LogP contribution < -0.4 is 4.74 Å². The van der Waals surface area contributed by atoms with E-state index in [0.29, 0.717) is 23.5 Å². The molecule has 0 radical (unpaired) electrons. The van der Waals surface area contributed by atoms with Crippen LogP contribution >= 0.6 is 11.6 Å². The molecule has 1 aromatic rings. The number of aliphatic hydroxyl groups excluding tert-OH is 1. The average molecular weight is 296 g/mol. The van der Waals surface area contributed by atoms with Crippen molar-refractivity contribution in [2.75, 3.05) is 19.7 Å². The molecule has 2 heterocycles. The summed E-state index contributed by atoms with van der Waals surface area (Å²) in [4.78, 5) is 2.40. The number of nitrogens with zero attached hydrogens (tertiary/aromatic N) is 1. The first-order chi connectivity index (χ1) is 9.54. The molecule has 1 N–H and O–H groups in total. The van der Waals surface area contributed by atoms with Gasteiger partial charge in [-0.3, -0.25) is 4.90 Å². The Bertz CT molecular complexity index is 483. The molecule has 1 fully saturated rings. The van der Waals surface area contributed by atoms with Crippen LogP contribution in [0.5, 0.6) is 5.75 Å². The smallest absolute Gasteiger partial charge is 0.124 e. The van der Waals surface area contributed by atoms with Crippen molar-refractivity contribution < 1.29 is 9.84 Å². The van der Waals surface area contributed by atoms with Crippen LogP contribution in [0.4, 0.5) is 0 Å². The summed E-state index contributed by atoms with van der Waals surface area (Å²) < 4.78 is 5.63. The third-order valence-electron chi connectivity index (χ3n) is 4.36. The summed E-state index contributed by atoms with van der Waals surface area (Å²) in [5, 5.41) is 11.1. The molecule has 4 unspecified atom stereocenters. The highest BCUT2D eigenvalue weighted by Gasteiger charge is 2.37. The van der Waals surface area contributed by atoms with Gasteiger partial charge in [0.05, 0.1) is 6.04 Å². The van der Waals surface area contributed by atoms with E-state index in [2.05, 4.69) is 18.7 Å². The highest BCUT2D eigenvalue weighted by molar-refractivity contribution is 6.30. The number of halogens is 1. The van der Waals surface area contributed by atoms with Crippen molar-refractivity contribution in [2.24, 2.45) is 11.8 Å². The van der Waals surface area contributed by atoms with Gasteiger partial charge in [-0.05, 0) is 36.5 Å². The topological polar surface area (TPSA) is 32.7 Å². The number of likely N-dealkylation sites (tertiary alicyclic amines) is 1. The minimum atomic E-state index is -0.488. The normalized spacial score (nSPS) is 34.4. The fourth-order valence-electron chi connectivity index (χ4n) is 3.73. The van der Waals surface area contributed by atoms with Gasteiger partial charge in [0.2, 0.25) is 0 Å². The van der Waals surface area contributed by atoms with Crippen LogP contribution in [0, 0.1) is 11.8 Å². The molecule has 3 nitrogen and oxygen atoms in total. The minimum Gasteiger partial charge on any atom is -0.490 e. The summed E-state index contributed by atoms with van der Waals surface area (Å²) in [6, 6.07) is 5.69. The van der Waals surface area contributed by atoms with Crippen LogP contribution in [0.1, 0.15) is 31.9 Å². The number of hydrogen-bond acceptors (Lipinski definition) is 3. The van der Waals surface area contributed by atoms with Gasteiger partial charge in [0.15, 0.2) is 0 Å². The zero-order chi connectivity index (χ0) is 14.3. The Hall–Kier alpha value is -0.770. The predicted octanol–water partition coefficient (Wildman–Crippen LogP) is 3.11. The van der Waals surface area contributed by atoms with E-state index in [-0.39, 0.29) is 6.04 Å². The first-order valence-electron chi connectivity index (χ1n) is 7.39. The summed E-state index contributed by atoms with van der Waals surface area (Å²) in [6.07, 6.45) is 0.775. The van der Waals surface area contributed by atoms with Crippen LogP contribution in [-0.2, 0) is 0 Å². The molecule has 2 aliphatic rings. The first kappa shape index (κ1) is 14.2. The summed E-state index contributed by atoms with van der Waals surface area (Å²) in [5.74, 6) is 2.18. The Morgan fingerprint density at radius 2 is 1.95 bits per heavy atom. The molecule has 0 aromatic heterocycles. The average Bonchev–Trinajstić information content (AvgIpc) is 2.37.